The monoisotopic (exact) mass is 390 g/mol. The van der Waals surface area contributed by atoms with E-state index in [0.717, 1.165) is 0 Å². The highest BCUT2D eigenvalue weighted by atomic mass is 16.6. The molecule has 1 aromatic carbocycles. The molecular formula is C21H26O7. The Bertz CT molecular complexity index is 788. The Morgan fingerprint density at radius 1 is 1.21 bits per heavy atom. The zero-order valence-corrected chi connectivity index (χ0v) is 16.9. The Kier molecular flexibility index (Phi) is 6.96. The fraction of sp³-hybridized carbons (Fsp3) is 0.476. The van der Waals surface area contributed by atoms with Crippen molar-refractivity contribution in [2.75, 3.05) is 13.2 Å². The minimum Gasteiger partial charge on any atom is -0.462 e. The number of carbonyl (C=O) groups is 3. The molecule has 28 heavy (non-hydrogen) atoms. The second-order valence-electron chi connectivity index (χ2n) is 7.02. The van der Waals surface area contributed by atoms with Crippen molar-refractivity contribution in [2.24, 2.45) is 5.92 Å². The van der Waals surface area contributed by atoms with Crippen LogP contribution in [0.4, 0.5) is 0 Å². The number of epoxide rings is 1. The standard InChI is InChI=1S/C21H26O7/c1-6-14(4)20(24)28-18-9-16(10-25-19(23)13(2)3)7-8-17(18)21(12-27-21)11-26-15(5)22/h6-9,13H,10-12H2,1-5H3. The molecule has 1 atom stereocenters. The molecule has 0 N–H and O–H groups in total. The van der Waals surface area contributed by atoms with Gasteiger partial charge in [-0.1, -0.05) is 32.1 Å². The number of hydrogen-bond acceptors (Lipinski definition) is 7. The second kappa shape index (κ2) is 9.01. The van der Waals surface area contributed by atoms with Crippen LogP contribution >= 0.6 is 0 Å². The van der Waals surface area contributed by atoms with Gasteiger partial charge >= 0.3 is 17.9 Å². The molecule has 1 fully saturated rings. The molecule has 0 amide bonds. The normalized spacial score (nSPS) is 18.6. The van der Waals surface area contributed by atoms with Crippen molar-refractivity contribution in [3.63, 3.8) is 0 Å². The van der Waals surface area contributed by atoms with E-state index >= 15 is 0 Å². The molecule has 2 rings (SSSR count). The first-order valence-corrected chi connectivity index (χ1v) is 9.11. The van der Waals surface area contributed by atoms with E-state index < -0.39 is 17.5 Å². The number of hydrogen-bond donors (Lipinski definition) is 0. The van der Waals surface area contributed by atoms with Crippen LogP contribution in [0.1, 0.15) is 45.7 Å². The zero-order chi connectivity index (χ0) is 20.9. The third-order valence-electron chi connectivity index (χ3n) is 4.35. The molecule has 7 heteroatoms. The van der Waals surface area contributed by atoms with Crippen LogP contribution in [0.15, 0.2) is 29.8 Å². The maximum atomic E-state index is 12.3. The first-order valence-electron chi connectivity index (χ1n) is 9.11. The summed E-state index contributed by atoms with van der Waals surface area (Å²) in [5, 5.41) is 0. The topological polar surface area (TPSA) is 91.4 Å². The van der Waals surface area contributed by atoms with Crippen LogP contribution in [-0.2, 0) is 40.8 Å². The number of allylic oxidation sites excluding steroid dienone is 1. The minimum atomic E-state index is -0.835. The van der Waals surface area contributed by atoms with Gasteiger partial charge in [-0.2, -0.15) is 0 Å². The molecule has 0 saturated carbocycles. The number of carbonyl (C=O) groups excluding carboxylic acids is 3. The van der Waals surface area contributed by atoms with Crippen molar-refractivity contribution in [3.8, 4) is 5.75 Å². The van der Waals surface area contributed by atoms with Gasteiger partial charge in [-0.15, -0.1) is 0 Å². The fourth-order valence-corrected chi connectivity index (χ4v) is 2.36. The van der Waals surface area contributed by atoms with Gasteiger partial charge in [0.05, 0.1) is 12.5 Å². The van der Waals surface area contributed by atoms with Gasteiger partial charge in [0.15, 0.2) is 5.60 Å². The summed E-state index contributed by atoms with van der Waals surface area (Å²) in [7, 11) is 0. The zero-order valence-electron chi connectivity index (χ0n) is 16.9. The highest BCUT2D eigenvalue weighted by molar-refractivity contribution is 5.89. The van der Waals surface area contributed by atoms with Gasteiger partial charge in [-0.3, -0.25) is 9.59 Å². The summed E-state index contributed by atoms with van der Waals surface area (Å²) >= 11 is 0. The summed E-state index contributed by atoms with van der Waals surface area (Å²) < 4.78 is 21.5. The molecular weight excluding hydrogens is 364 g/mol. The number of ether oxygens (including phenoxy) is 4. The first-order chi connectivity index (χ1) is 13.2. The number of esters is 3. The van der Waals surface area contributed by atoms with Crippen molar-refractivity contribution in [1.82, 2.24) is 0 Å². The highest BCUT2D eigenvalue weighted by Crippen LogP contribution is 2.44. The SMILES string of the molecule is CC=C(C)C(=O)Oc1cc(COC(=O)C(C)C)ccc1C1(COC(C)=O)CO1. The molecule has 1 aliphatic rings. The molecule has 0 spiro atoms. The summed E-state index contributed by atoms with van der Waals surface area (Å²) in [5.74, 6) is -1.18. The first kappa shape index (κ1) is 21.6. The molecule has 0 aromatic heterocycles. The molecule has 0 aliphatic carbocycles. The lowest BCUT2D eigenvalue weighted by molar-refractivity contribution is -0.148. The molecule has 0 radical (unpaired) electrons. The van der Waals surface area contributed by atoms with Gasteiger partial charge in [0.1, 0.15) is 19.0 Å². The third-order valence-corrected chi connectivity index (χ3v) is 4.35. The van der Waals surface area contributed by atoms with E-state index in [1.165, 1.54) is 6.92 Å². The van der Waals surface area contributed by atoms with E-state index in [4.69, 9.17) is 18.9 Å². The number of rotatable bonds is 8. The van der Waals surface area contributed by atoms with E-state index in [1.54, 1.807) is 52.0 Å². The predicted molar refractivity (Wildman–Crippen MR) is 100 cm³/mol. The Balaban J connectivity index is 2.29. The summed E-state index contributed by atoms with van der Waals surface area (Å²) in [6.07, 6.45) is 1.65. The maximum absolute atomic E-state index is 12.3. The Morgan fingerprint density at radius 3 is 2.43 bits per heavy atom. The smallest absolute Gasteiger partial charge is 0.338 e. The molecule has 7 nitrogen and oxygen atoms in total. The van der Waals surface area contributed by atoms with E-state index in [2.05, 4.69) is 0 Å². The predicted octanol–water partition coefficient (Wildman–Crippen LogP) is 3.05. The molecule has 152 valence electrons. The molecule has 1 heterocycles. The average Bonchev–Trinajstić information content (AvgIpc) is 3.44. The van der Waals surface area contributed by atoms with Gasteiger partial charge in [0.25, 0.3) is 0 Å². The Labute approximate surface area is 164 Å². The van der Waals surface area contributed by atoms with Crippen LogP contribution in [0.25, 0.3) is 0 Å². The van der Waals surface area contributed by atoms with Gasteiger partial charge < -0.3 is 18.9 Å². The van der Waals surface area contributed by atoms with E-state index in [0.29, 0.717) is 23.3 Å². The van der Waals surface area contributed by atoms with Crippen molar-refractivity contribution in [1.29, 1.82) is 0 Å². The van der Waals surface area contributed by atoms with Gasteiger partial charge in [-0.25, -0.2) is 4.79 Å². The maximum Gasteiger partial charge on any atom is 0.338 e. The van der Waals surface area contributed by atoms with Crippen LogP contribution in [0.5, 0.6) is 5.75 Å². The summed E-state index contributed by atoms with van der Waals surface area (Å²) in [6, 6.07) is 5.14. The third kappa shape index (κ3) is 5.42. The summed E-state index contributed by atoms with van der Waals surface area (Å²) in [4.78, 5) is 35.2. The Morgan fingerprint density at radius 2 is 1.89 bits per heavy atom. The molecule has 0 bridgehead atoms. The van der Waals surface area contributed by atoms with Gasteiger partial charge in [-0.05, 0) is 25.5 Å². The lowest BCUT2D eigenvalue weighted by Crippen LogP contribution is -2.21. The van der Waals surface area contributed by atoms with Gasteiger partial charge in [0.2, 0.25) is 0 Å². The largest absolute Gasteiger partial charge is 0.462 e. The minimum absolute atomic E-state index is 0.0250. The highest BCUT2D eigenvalue weighted by Gasteiger charge is 2.50. The molecule has 1 aliphatic heterocycles. The van der Waals surface area contributed by atoms with Crippen LogP contribution in [-0.4, -0.2) is 31.1 Å². The lowest BCUT2D eigenvalue weighted by Gasteiger charge is -2.18. The molecule has 1 aromatic rings. The number of benzene rings is 1. The van der Waals surface area contributed by atoms with Crippen molar-refractivity contribution < 1.29 is 33.3 Å². The van der Waals surface area contributed by atoms with E-state index in [9.17, 15) is 14.4 Å². The quantitative estimate of drug-likeness (QED) is 0.292. The average molecular weight is 390 g/mol. The van der Waals surface area contributed by atoms with Crippen molar-refractivity contribution in [3.05, 3.63) is 41.0 Å². The fourth-order valence-electron chi connectivity index (χ4n) is 2.36. The van der Waals surface area contributed by atoms with Crippen LogP contribution in [0, 0.1) is 5.92 Å². The van der Waals surface area contributed by atoms with Crippen molar-refractivity contribution in [2.45, 2.75) is 46.8 Å². The van der Waals surface area contributed by atoms with Crippen LogP contribution in [0.2, 0.25) is 0 Å². The van der Waals surface area contributed by atoms with Crippen LogP contribution in [0.3, 0.4) is 0 Å². The van der Waals surface area contributed by atoms with E-state index in [-0.39, 0.29) is 30.9 Å². The summed E-state index contributed by atoms with van der Waals surface area (Å²) in [5.41, 5.74) is 0.887. The summed E-state index contributed by atoms with van der Waals surface area (Å²) in [6.45, 7) is 8.64. The van der Waals surface area contributed by atoms with E-state index in [1.807, 2.05) is 0 Å². The second-order valence-corrected chi connectivity index (χ2v) is 7.02. The molecule has 1 unspecified atom stereocenters. The Hall–Kier alpha value is -2.67. The van der Waals surface area contributed by atoms with Crippen LogP contribution < -0.4 is 4.74 Å². The van der Waals surface area contributed by atoms with Gasteiger partial charge in [0, 0.05) is 18.1 Å². The van der Waals surface area contributed by atoms with Crippen molar-refractivity contribution >= 4 is 17.9 Å². The lowest BCUT2D eigenvalue weighted by atomic mass is 9.98. The molecule has 1 saturated heterocycles.